The highest BCUT2D eigenvalue weighted by molar-refractivity contribution is 6.35. The summed E-state index contributed by atoms with van der Waals surface area (Å²) in [4.78, 5) is 22.7. The average Bonchev–Trinajstić information content (AvgIpc) is 2.61. The van der Waals surface area contributed by atoms with Gasteiger partial charge < -0.3 is 14.2 Å². The number of nitro benzene ring substituents is 1. The highest BCUT2D eigenvalue weighted by Crippen LogP contribution is 2.36. The Kier molecular flexibility index (Phi) is 7.48. The Balaban J connectivity index is 2.23. The monoisotopic (exact) mass is 427 g/mol. The molecule has 0 aliphatic carbocycles. The lowest BCUT2D eigenvalue weighted by Gasteiger charge is -2.16. The first-order valence-corrected chi connectivity index (χ1v) is 9.17. The molecule has 2 rings (SSSR count). The standard InChI is InChI=1S/C19H19Cl2NO6/c1-11(2)10-26-19(23)12(3)27-18-9-14(5-6-16(18)22(24)25)28-17-7-4-13(20)8-15(17)21/h4-9,11-12H,10H2,1-3H3. The van der Waals surface area contributed by atoms with Gasteiger partial charge in [0, 0.05) is 17.2 Å². The van der Waals surface area contributed by atoms with Gasteiger partial charge in [-0.25, -0.2) is 4.79 Å². The molecule has 2 aromatic rings. The topological polar surface area (TPSA) is 87.9 Å². The zero-order valence-electron chi connectivity index (χ0n) is 15.5. The van der Waals surface area contributed by atoms with Crippen LogP contribution in [0.15, 0.2) is 36.4 Å². The summed E-state index contributed by atoms with van der Waals surface area (Å²) >= 11 is 11.9. The number of rotatable bonds is 8. The lowest BCUT2D eigenvalue weighted by molar-refractivity contribution is -0.386. The van der Waals surface area contributed by atoms with Crippen molar-refractivity contribution in [1.29, 1.82) is 0 Å². The minimum absolute atomic E-state index is 0.124. The van der Waals surface area contributed by atoms with E-state index in [1.54, 1.807) is 12.1 Å². The molecule has 1 unspecified atom stereocenters. The molecule has 2 aromatic carbocycles. The molecule has 0 radical (unpaired) electrons. The molecular weight excluding hydrogens is 409 g/mol. The maximum Gasteiger partial charge on any atom is 0.347 e. The van der Waals surface area contributed by atoms with Gasteiger partial charge >= 0.3 is 11.7 Å². The predicted octanol–water partition coefficient (Wildman–Crippen LogP) is 5.66. The van der Waals surface area contributed by atoms with Crippen LogP contribution in [0.3, 0.4) is 0 Å². The van der Waals surface area contributed by atoms with Gasteiger partial charge in [-0.15, -0.1) is 0 Å². The lowest BCUT2D eigenvalue weighted by atomic mass is 10.2. The number of nitrogens with zero attached hydrogens (tertiary/aromatic N) is 1. The number of hydrogen-bond acceptors (Lipinski definition) is 6. The van der Waals surface area contributed by atoms with Crippen LogP contribution in [0.5, 0.6) is 17.2 Å². The summed E-state index contributed by atoms with van der Waals surface area (Å²) in [6.45, 7) is 5.47. The van der Waals surface area contributed by atoms with E-state index in [0.29, 0.717) is 10.8 Å². The Labute approximate surface area is 172 Å². The zero-order chi connectivity index (χ0) is 20.8. The van der Waals surface area contributed by atoms with E-state index in [0.717, 1.165) is 0 Å². The average molecular weight is 428 g/mol. The molecule has 150 valence electrons. The molecule has 0 saturated heterocycles. The number of benzene rings is 2. The normalized spacial score (nSPS) is 11.8. The first-order chi connectivity index (χ1) is 13.2. The first-order valence-electron chi connectivity index (χ1n) is 8.42. The van der Waals surface area contributed by atoms with Crippen molar-refractivity contribution in [3.05, 3.63) is 56.6 Å². The van der Waals surface area contributed by atoms with Gasteiger partial charge in [-0.1, -0.05) is 37.0 Å². The van der Waals surface area contributed by atoms with Crippen LogP contribution < -0.4 is 9.47 Å². The Morgan fingerprint density at radius 3 is 2.43 bits per heavy atom. The van der Waals surface area contributed by atoms with E-state index in [2.05, 4.69) is 0 Å². The van der Waals surface area contributed by atoms with Crippen LogP contribution in [0.25, 0.3) is 0 Å². The van der Waals surface area contributed by atoms with Crippen molar-refractivity contribution >= 4 is 34.9 Å². The van der Waals surface area contributed by atoms with Gasteiger partial charge in [-0.2, -0.15) is 0 Å². The quantitative estimate of drug-likeness (QED) is 0.306. The minimum Gasteiger partial charge on any atom is -0.472 e. The highest BCUT2D eigenvalue weighted by Gasteiger charge is 2.23. The van der Waals surface area contributed by atoms with E-state index in [4.69, 9.17) is 37.4 Å². The first kappa shape index (κ1) is 21.8. The van der Waals surface area contributed by atoms with Gasteiger partial charge in [-0.3, -0.25) is 10.1 Å². The minimum atomic E-state index is -1.04. The van der Waals surface area contributed by atoms with E-state index in [-0.39, 0.29) is 34.7 Å². The summed E-state index contributed by atoms with van der Waals surface area (Å²) in [6.07, 6.45) is -1.04. The molecule has 1 atom stereocenters. The van der Waals surface area contributed by atoms with Gasteiger partial charge in [0.05, 0.1) is 16.6 Å². The van der Waals surface area contributed by atoms with Crippen LogP contribution in [0, 0.1) is 16.0 Å². The number of esters is 1. The highest BCUT2D eigenvalue weighted by atomic mass is 35.5. The van der Waals surface area contributed by atoms with Gasteiger partial charge in [0.15, 0.2) is 6.10 Å². The fourth-order valence-electron chi connectivity index (χ4n) is 2.09. The van der Waals surface area contributed by atoms with E-state index in [1.807, 2.05) is 13.8 Å². The van der Waals surface area contributed by atoms with Crippen LogP contribution in [0.1, 0.15) is 20.8 Å². The van der Waals surface area contributed by atoms with Crippen molar-refractivity contribution in [3.63, 3.8) is 0 Å². The molecular formula is C19H19Cl2NO6. The molecule has 0 saturated carbocycles. The van der Waals surface area contributed by atoms with Crippen molar-refractivity contribution in [2.75, 3.05) is 6.61 Å². The number of hydrogen-bond donors (Lipinski definition) is 0. The maximum atomic E-state index is 12.0. The molecule has 28 heavy (non-hydrogen) atoms. The van der Waals surface area contributed by atoms with Crippen LogP contribution in [0.4, 0.5) is 5.69 Å². The Bertz CT molecular complexity index is 871. The molecule has 7 nitrogen and oxygen atoms in total. The molecule has 0 aliphatic rings. The number of halogens is 2. The summed E-state index contributed by atoms with van der Waals surface area (Å²) in [5, 5.41) is 12.0. The van der Waals surface area contributed by atoms with E-state index in [1.165, 1.54) is 31.2 Å². The van der Waals surface area contributed by atoms with Crippen molar-refractivity contribution in [2.24, 2.45) is 5.92 Å². The predicted molar refractivity (Wildman–Crippen MR) is 106 cm³/mol. The summed E-state index contributed by atoms with van der Waals surface area (Å²) in [5.41, 5.74) is -0.307. The van der Waals surface area contributed by atoms with Gasteiger partial charge in [0.1, 0.15) is 11.5 Å². The second kappa shape index (κ2) is 9.61. The number of nitro groups is 1. The molecule has 0 heterocycles. The van der Waals surface area contributed by atoms with Crippen LogP contribution in [-0.4, -0.2) is 23.6 Å². The van der Waals surface area contributed by atoms with Gasteiger partial charge in [-0.05, 0) is 37.1 Å². The lowest BCUT2D eigenvalue weighted by Crippen LogP contribution is -2.27. The second-order valence-electron chi connectivity index (χ2n) is 6.35. The van der Waals surface area contributed by atoms with Gasteiger partial charge in [0.2, 0.25) is 5.75 Å². The third kappa shape index (κ3) is 6.00. The summed E-state index contributed by atoms with van der Waals surface area (Å²) in [5.74, 6) is -0.0224. The Morgan fingerprint density at radius 1 is 1.11 bits per heavy atom. The molecule has 0 aromatic heterocycles. The third-order valence-electron chi connectivity index (χ3n) is 3.44. The van der Waals surface area contributed by atoms with Crippen molar-refractivity contribution in [1.82, 2.24) is 0 Å². The van der Waals surface area contributed by atoms with Crippen molar-refractivity contribution < 1.29 is 23.9 Å². The van der Waals surface area contributed by atoms with Gasteiger partial charge in [0.25, 0.3) is 0 Å². The van der Waals surface area contributed by atoms with Crippen LogP contribution in [-0.2, 0) is 9.53 Å². The molecule has 0 N–H and O–H groups in total. The smallest absolute Gasteiger partial charge is 0.347 e. The van der Waals surface area contributed by atoms with E-state index >= 15 is 0 Å². The molecule has 0 amide bonds. The van der Waals surface area contributed by atoms with Crippen LogP contribution >= 0.6 is 23.2 Å². The summed E-state index contributed by atoms with van der Waals surface area (Å²) in [6, 6.07) is 8.61. The molecule has 0 fully saturated rings. The SMILES string of the molecule is CC(C)COC(=O)C(C)Oc1cc(Oc2ccc(Cl)cc2Cl)ccc1[N+](=O)[O-]. The summed E-state index contributed by atoms with van der Waals surface area (Å²) in [7, 11) is 0. The largest absolute Gasteiger partial charge is 0.472 e. The fraction of sp³-hybridized carbons (Fsp3) is 0.316. The number of carbonyl (C=O) groups excluding carboxylic acids is 1. The van der Waals surface area contributed by atoms with Crippen molar-refractivity contribution in [2.45, 2.75) is 26.9 Å². The number of carbonyl (C=O) groups is 1. The fourth-order valence-corrected chi connectivity index (χ4v) is 2.54. The molecule has 0 aliphatic heterocycles. The van der Waals surface area contributed by atoms with Crippen molar-refractivity contribution in [3.8, 4) is 17.2 Å². The molecule has 0 bridgehead atoms. The second-order valence-corrected chi connectivity index (χ2v) is 7.19. The Morgan fingerprint density at radius 2 is 1.82 bits per heavy atom. The third-order valence-corrected chi connectivity index (χ3v) is 3.97. The summed E-state index contributed by atoms with van der Waals surface area (Å²) < 4.78 is 16.2. The number of ether oxygens (including phenoxy) is 3. The molecule has 9 heteroatoms. The zero-order valence-corrected chi connectivity index (χ0v) is 17.0. The van der Waals surface area contributed by atoms with E-state index in [9.17, 15) is 14.9 Å². The molecule has 0 spiro atoms. The maximum absolute atomic E-state index is 12.0. The Hall–Kier alpha value is -2.51. The van der Waals surface area contributed by atoms with E-state index < -0.39 is 17.0 Å². The van der Waals surface area contributed by atoms with Crippen LogP contribution in [0.2, 0.25) is 10.0 Å².